The van der Waals surface area contributed by atoms with Crippen LogP contribution in [0, 0.1) is 5.82 Å². The number of hydrogen-bond donors (Lipinski definition) is 1. The number of anilines is 1. The molecule has 1 N–H and O–H groups in total. The van der Waals surface area contributed by atoms with E-state index in [-0.39, 0.29) is 57.3 Å². The summed E-state index contributed by atoms with van der Waals surface area (Å²) < 4.78 is 21.1. The largest absolute Gasteiger partial charge is 0.507 e. The summed E-state index contributed by atoms with van der Waals surface area (Å²) in [6, 6.07) is 3.57. The van der Waals surface area contributed by atoms with Crippen molar-refractivity contribution in [2.45, 2.75) is 38.3 Å². The van der Waals surface area contributed by atoms with Crippen molar-refractivity contribution in [3.63, 3.8) is 0 Å². The molecule has 5 rings (SSSR count). The Kier molecular flexibility index (Phi) is 6.06. The molecule has 0 spiro atoms. The van der Waals surface area contributed by atoms with Gasteiger partial charge in [-0.3, -0.25) is 9.59 Å². The molecule has 10 heteroatoms. The van der Waals surface area contributed by atoms with Crippen LogP contribution < -0.4 is 9.64 Å². The lowest BCUT2D eigenvalue weighted by Gasteiger charge is -2.40. The van der Waals surface area contributed by atoms with Gasteiger partial charge in [0.25, 0.3) is 5.91 Å². The van der Waals surface area contributed by atoms with E-state index in [9.17, 15) is 19.1 Å². The monoisotopic (exact) mass is 514 g/mol. The van der Waals surface area contributed by atoms with Crippen molar-refractivity contribution in [1.29, 1.82) is 0 Å². The number of benzene rings is 1. The van der Waals surface area contributed by atoms with E-state index < -0.39 is 11.9 Å². The van der Waals surface area contributed by atoms with E-state index >= 15 is 0 Å². The molecule has 0 unspecified atom stereocenters. The van der Waals surface area contributed by atoms with Crippen LogP contribution in [-0.4, -0.2) is 76.1 Å². The molecule has 1 atom stereocenters. The molecular weight excluding hydrogens is 487 g/mol. The first-order valence-electron chi connectivity index (χ1n) is 12.0. The maximum absolute atomic E-state index is 14.9. The van der Waals surface area contributed by atoms with Gasteiger partial charge in [0.15, 0.2) is 5.75 Å². The lowest BCUT2D eigenvalue weighted by molar-refractivity contribution is -0.128. The predicted molar refractivity (Wildman–Crippen MR) is 134 cm³/mol. The minimum Gasteiger partial charge on any atom is -0.507 e. The molecule has 190 valence electrons. The first-order chi connectivity index (χ1) is 17.1. The fourth-order valence-electron chi connectivity index (χ4n) is 5.38. The average Bonchev–Trinajstić information content (AvgIpc) is 3.13. The number of piperazine rings is 1. The number of halogens is 2. The standard InChI is InChI=1S/C26H28ClFN4O4/c1-4-18(34)30-11-12-31-15(13-30)14-36-23-20(25(31)35)24(32-10-6-9-26(32,2)3)29-22(21(23)27)19-16(28)7-5-8-17(19)33/h4-5,7-8,15,33H,1,6,9-14H2,2-3H3/t15-/m1/s1. The summed E-state index contributed by atoms with van der Waals surface area (Å²) in [5.41, 5.74) is -0.228. The zero-order valence-corrected chi connectivity index (χ0v) is 21.0. The summed E-state index contributed by atoms with van der Waals surface area (Å²) in [4.78, 5) is 36.3. The highest BCUT2D eigenvalue weighted by molar-refractivity contribution is 6.35. The van der Waals surface area contributed by atoms with Crippen LogP contribution in [-0.2, 0) is 4.79 Å². The molecular formula is C26H28ClFN4O4. The van der Waals surface area contributed by atoms with E-state index in [1.54, 1.807) is 9.80 Å². The van der Waals surface area contributed by atoms with Crippen LogP contribution in [0.3, 0.4) is 0 Å². The normalized spacial score (nSPS) is 20.9. The molecule has 0 aliphatic carbocycles. The fourth-order valence-corrected chi connectivity index (χ4v) is 5.67. The number of rotatable bonds is 3. The molecule has 0 saturated carbocycles. The highest BCUT2D eigenvalue weighted by atomic mass is 35.5. The molecule has 1 aromatic carbocycles. The Morgan fingerprint density at radius 1 is 1.31 bits per heavy atom. The first-order valence-corrected chi connectivity index (χ1v) is 12.4. The minimum absolute atomic E-state index is 0.0138. The number of phenolic OH excluding ortho intramolecular Hbond substituents is 1. The second kappa shape index (κ2) is 8.96. The smallest absolute Gasteiger partial charge is 0.261 e. The predicted octanol–water partition coefficient (Wildman–Crippen LogP) is 3.86. The highest BCUT2D eigenvalue weighted by Gasteiger charge is 2.43. The Morgan fingerprint density at radius 3 is 2.75 bits per heavy atom. The molecule has 36 heavy (non-hydrogen) atoms. The lowest BCUT2D eigenvalue weighted by Crippen LogP contribution is -2.57. The van der Waals surface area contributed by atoms with Crippen molar-refractivity contribution in [2.24, 2.45) is 0 Å². The van der Waals surface area contributed by atoms with Crippen LogP contribution in [0.1, 0.15) is 37.0 Å². The van der Waals surface area contributed by atoms with Gasteiger partial charge in [-0.05, 0) is 44.9 Å². The molecule has 1 aromatic heterocycles. The number of hydrogen-bond acceptors (Lipinski definition) is 6. The van der Waals surface area contributed by atoms with Gasteiger partial charge in [0.1, 0.15) is 40.3 Å². The molecule has 0 bridgehead atoms. The van der Waals surface area contributed by atoms with Gasteiger partial charge in [-0.2, -0.15) is 0 Å². The number of pyridine rings is 1. The van der Waals surface area contributed by atoms with Crippen LogP contribution in [0.4, 0.5) is 10.2 Å². The maximum Gasteiger partial charge on any atom is 0.261 e. The van der Waals surface area contributed by atoms with Crippen molar-refractivity contribution in [3.05, 3.63) is 47.3 Å². The number of aromatic nitrogens is 1. The van der Waals surface area contributed by atoms with Gasteiger partial charge in [-0.1, -0.05) is 24.2 Å². The topological polar surface area (TPSA) is 86.2 Å². The molecule has 2 saturated heterocycles. The van der Waals surface area contributed by atoms with Crippen molar-refractivity contribution < 1.29 is 23.8 Å². The number of phenols is 1. The fraction of sp³-hybridized carbons (Fsp3) is 0.423. The molecule has 2 fully saturated rings. The maximum atomic E-state index is 14.9. The van der Waals surface area contributed by atoms with Gasteiger partial charge in [0.05, 0.1) is 11.6 Å². The number of carbonyl (C=O) groups excluding carboxylic acids is 2. The number of amides is 2. The summed E-state index contributed by atoms with van der Waals surface area (Å²) in [5.74, 6) is -1.04. The molecule has 2 aromatic rings. The van der Waals surface area contributed by atoms with E-state index in [1.807, 2.05) is 4.90 Å². The number of aromatic hydroxyl groups is 1. The SMILES string of the molecule is C=CC(=O)N1CCN2C(=O)c3c(N4CCCC4(C)C)nc(-c4c(O)cccc4F)c(Cl)c3OC[C@H]2C1. The van der Waals surface area contributed by atoms with Crippen LogP contribution in [0.15, 0.2) is 30.9 Å². The van der Waals surface area contributed by atoms with Crippen LogP contribution in [0.25, 0.3) is 11.3 Å². The van der Waals surface area contributed by atoms with Crippen molar-refractivity contribution in [1.82, 2.24) is 14.8 Å². The zero-order valence-electron chi connectivity index (χ0n) is 20.3. The number of fused-ring (bicyclic) bond motifs is 2. The number of carbonyl (C=O) groups is 2. The van der Waals surface area contributed by atoms with Crippen molar-refractivity contribution >= 4 is 29.2 Å². The Balaban J connectivity index is 1.69. The van der Waals surface area contributed by atoms with E-state index in [4.69, 9.17) is 21.3 Å². The van der Waals surface area contributed by atoms with Gasteiger partial charge in [-0.15, -0.1) is 0 Å². The third kappa shape index (κ3) is 3.86. The minimum atomic E-state index is -0.688. The van der Waals surface area contributed by atoms with E-state index in [0.29, 0.717) is 32.0 Å². The second-order valence-corrected chi connectivity index (χ2v) is 10.3. The Bertz CT molecular complexity index is 1250. The summed E-state index contributed by atoms with van der Waals surface area (Å²) in [5, 5.41) is 10.5. The van der Waals surface area contributed by atoms with Crippen molar-refractivity contribution in [2.75, 3.05) is 37.7 Å². The van der Waals surface area contributed by atoms with Crippen LogP contribution in [0.5, 0.6) is 11.5 Å². The average molecular weight is 515 g/mol. The van der Waals surface area contributed by atoms with Gasteiger partial charge >= 0.3 is 0 Å². The van der Waals surface area contributed by atoms with Gasteiger partial charge in [0.2, 0.25) is 5.91 Å². The highest BCUT2D eigenvalue weighted by Crippen LogP contribution is 2.47. The lowest BCUT2D eigenvalue weighted by atomic mass is 10.0. The Morgan fingerprint density at radius 2 is 2.08 bits per heavy atom. The Labute approximate surface area is 213 Å². The molecule has 8 nitrogen and oxygen atoms in total. The van der Waals surface area contributed by atoms with Gasteiger partial charge in [0, 0.05) is 31.7 Å². The van der Waals surface area contributed by atoms with Crippen molar-refractivity contribution in [3.8, 4) is 22.8 Å². The number of nitrogens with zero attached hydrogens (tertiary/aromatic N) is 4. The first kappa shape index (κ1) is 24.4. The third-order valence-electron chi connectivity index (χ3n) is 7.32. The molecule has 3 aliphatic heterocycles. The zero-order chi connectivity index (χ0) is 25.8. The molecule has 4 heterocycles. The summed E-state index contributed by atoms with van der Waals surface area (Å²) in [6.07, 6.45) is 3.03. The quantitative estimate of drug-likeness (QED) is 0.626. The van der Waals surface area contributed by atoms with Crippen LogP contribution in [0.2, 0.25) is 5.02 Å². The van der Waals surface area contributed by atoms with Gasteiger partial charge in [-0.25, -0.2) is 9.37 Å². The summed E-state index contributed by atoms with van der Waals surface area (Å²) in [7, 11) is 0. The van der Waals surface area contributed by atoms with E-state index in [2.05, 4.69) is 20.4 Å². The summed E-state index contributed by atoms with van der Waals surface area (Å²) in [6.45, 7) is 9.40. The van der Waals surface area contributed by atoms with Gasteiger partial charge < -0.3 is 24.5 Å². The van der Waals surface area contributed by atoms with Crippen LogP contribution >= 0.6 is 11.6 Å². The third-order valence-corrected chi connectivity index (χ3v) is 7.68. The Hall–Kier alpha value is -3.33. The summed E-state index contributed by atoms with van der Waals surface area (Å²) >= 11 is 6.76. The number of ether oxygens (including phenoxy) is 1. The molecule has 0 radical (unpaired) electrons. The van der Waals surface area contributed by atoms with E-state index in [0.717, 1.165) is 12.8 Å². The molecule has 2 amide bonds. The molecule has 3 aliphatic rings. The second-order valence-electron chi connectivity index (χ2n) is 9.96. The van der Waals surface area contributed by atoms with E-state index in [1.165, 1.54) is 24.3 Å².